The molecule has 0 spiro atoms. The number of rotatable bonds is 4. The van der Waals surface area contributed by atoms with Crippen molar-refractivity contribution in [1.29, 1.82) is 0 Å². The Kier molecular flexibility index (Phi) is 4.62. The first-order chi connectivity index (χ1) is 7.38. The highest BCUT2D eigenvalue weighted by molar-refractivity contribution is 6.42. The van der Waals surface area contributed by atoms with Gasteiger partial charge in [0.2, 0.25) is 0 Å². The zero-order valence-electron chi connectivity index (χ0n) is 9.63. The van der Waals surface area contributed by atoms with Crippen LogP contribution in [0.2, 0.25) is 10.0 Å². The number of aliphatic hydroxyl groups excluding tert-OH is 1. The summed E-state index contributed by atoms with van der Waals surface area (Å²) in [6.07, 6.45) is -0.214. The van der Waals surface area contributed by atoms with Gasteiger partial charge in [0.1, 0.15) is 0 Å². The number of benzene rings is 1. The third-order valence-electron chi connectivity index (χ3n) is 2.77. The maximum absolute atomic E-state index is 10.0. The van der Waals surface area contributed by atoms with Gasteiger partial charge in [-0.15, -0.1) is 0 Å². The van der Waals surface area contributed by atoms with E-state index in [0.717, 1.165) is 5.56 Å². The molecule has 0 aliphatic heterocycles. The van der Waals surface area contributed by atoms with Crippen LogP contribution in [0, 0.1) is 0 Å². The fourth-order valence-electron chi connectivity index (χ4n) is 1.30. The van der Waals surface area contributed by atoms with Gasteiger partial charge in [-0.3, -0.25) is 0 Å². The van der Waals surface area contributed by atoms with Crippen LogP contribution < -0.4 is 0 Å². The number of ether oxygens (including phenoxy) is 1. The first kappa shape index (κ1) is 13.8. The van der Waals surface area contributed by atoms with Crippen molar-refractivity contribution in [2.24, 2.45) is 0 Å². The highest BCUT2D eigenvalue weighted by Crippen LogP contribution is 2.28. The van der Waals surface area contributed by atoms with Crippen molar-refractivity contribution < 1.29 is 9.84 Å². The molecule has 90 valence electrons. The summed E-state index contributed by atoms with van der Waals surface area (Å²) in [6, 6.07) is 5.39. The van der Waals surface area contributed by atoms with Gasteiger partial charge in [-0.05, 0) is 25.5 Å². The third kappa shape index (κ3) is 3.11. The van der Waals surface area contributed by atoms with E-state index in [1.54, 1.807) is 13.2 Å². The number of methoxy groups -OCH3 is 1. The molecule has 16 heavy (non-hydrogen) atoms. The lowest BCUT2D eigenvalue weighted by molar-refractivity contribution is -0.0764. The second kappa shape index (κ2) is 5.37. The molecule has 1 atom stereocenters. The second-order valence-electron chi connectivity index (χ2n) is 4.24. The molecule has 0 saturated heterocycles. The summed E-state index contributed by atoms with van der Waals surface area (Å²) in [5.74, 6) is 0. The quantitative estimate of drug-likeness (QED) is 0.902. The molecule has 0 aliphatic carbocycles. The molecule has 0 radical (unpaired) electrons. The van der Waals surface area contributed by atoms with Crippen LogP contribution in [0.5, 0.6) is 0 Å². The van der Waals surface area contributed by atoms with E-state index in [2.05, 4.69) is 0 Å². The van der Waals surface area contributed by atoms with Gasteiger partial charge in [-0.25, -0.2) is 0 Å². The zero-order chi connectivity index (χ0) is 12.3. The molecule has 0 saturated carbocycles. The highest BCUT2D eigenvalue weighted by Gasteiger charge is 2.28. The maximum Gasteiger partial charge on any atom is 0.0883 e. The standard InChI is InChI=1S/C12H16Cl2O2/c1-12(2,16-3)10(15)7-8-5-4-6-9(13)11(8)14/h4-6,10,15H,7H2,1-3H3. The van der Waals surface area contributed by atoms with E-state index < -0.39 is 11.7 Å². The molecule has 0 heterocycles. The predicted octanol–water partition coefficient (Wildman–Crippen LogP) is 3.32. The fourth-order valence-corrected chi connectivity index (χ4v) is 1.69. The monoisotopic (exact) mass is 262 g/mol. The lowest BCUT2D eigenvalue weighted by Gasteiger charge is -2.29. The molecule has 1 aromatic rings. The Morgan fingerprint density at radius 1 is 1.38 bits per heavy atom. The molecule has 1 N–H and O–H groups in total. The minimum atomic E-state index is -0.631. The van der Waals surface area contributed by atoms with Gasteiger partial charge in [-0.1, -0.05) is 35.3 Å². The second-order valence-corrected chi connectivity index (χ2v) is 5.03. The van der Waals surface area contributed by atoms with Crippen molar-refractivity contribution in [1.82, 2.24) is 0 Å². The molecular weight excluding hydrogens is 247 g/mol. The van der Waals surface area contributed by atoms with Crippen molar-refractivity contribution >= 4 is 23.2 Å². The Hall–Kier alpha value is -0.280. The number of aliphatic hydroxyl groups is 1. The third-order valence-corrected chi connectivity index (χ3v) is 3.63. The summed E-state index contributed by atoms with van der Waals surface area (Å²) < 4.78 is 5.22. The molecule has 0 amide bonds. The van der Waals surface area contributed by atoms with Crippen LogP contribution in [0.1, 0.15) is 19.4 Å². The molecule has 0 aliphatic rings. The van der Waals surface area contributed by atoms with Crippen LogP contribution in [0.15, 0.2) is 18.2 Å². The summed E-state index contributed by atoms with van der Waals surface area (Å²) in [7, 11) is 1.57. The lowest BCUT2D eigenvalue weighted by atomic mass is 9.95. The molecule has 2 nitrogen and oxygen atoms in total. The predicted molar refractivity (Wildman–Crippen MR) is 67.3 cm³/mol. The normalized spacial score (nSPS) is 13.9. The van der Waals surface area contributed by atoms with Gasteiger partial charge >= 0.3 is 0 Å². The van der Waals surface area contributed by atoms with Crippen LogP contribution in [-0.2, 0) is 11.2 Å². The van der Waals surface area contributed by atoms with E-state index in [-0.39, 0.29) is 0 Å². The summed E-state index contributed by atoms with van der Waals surface area (Å²) in [5, 5.41) is 11.0. The van der Waals surface area contributed by atoms with Crippen LogP contribution in [-0.4, -0.2) is 23.9 Å². The van der Waals surface area contributed by atoms with Crippen LogP contribution in [0.25, 0.3) is 0 Å². The number of hydrogen-bond acceptors (Lipinski definition) is 2. The summed E-state index contributed by atoms with van der Waals surface area (Å²) in [4.78, 5) is 0. The Balaban J connectivity index is 2.85. The molecule has 4 heteroatoms. The van der Waals surface area contributed by atoms with E-state index in [1.807, 2.05) is 26.0 Å². The highest BCUT2D eigenvalue weighted by atomic mass is 35.5. The Labute approximate surface area is 106 Å². The average molecular weight is 263 g/mol. The van der Waals surface area contributed by atoms with Crippen molar-refractivity contribution in [3.63, 3.8) is 0 Å². The molecule has 0 fully saturated rings. The van der Waals surface area contributed by atoms with Gasteiger partial charge in [-0.2, -0.15) is 0 Å². The van der Waals surface area contributed by atoms with Gasteiger partial charge in [0.05, 0.1) is 21.8 Å². The molecule has 1 unspecified atom stereocenters. The summed E-state index contributed by atoms with van der Waals surface area (Å²) in [5.41, 5.74) is 0.220. The first-order valence-corrected chi connectivity index (χ1v) is 5.80. The minimum Gasteiger partial charge on any atom is -0.390 e. The fraction of sp³-hybridized carbons (Fsp3) is 0.500. The smallest absolute Gasteiger partial charge is 0.0883 e. The topological polar surface area (TPSA) is 29.5 Å². The van der Waals surface area contributed by atoms with E-state index in [4.69, 9.17) is 27.9 Å². The van der Waals surface area contributed by atoms with Crippen molar-refractivity contribution in [2.75, 3.05) is 7.11 Å². The summed E-state index contributed by atoms with van der Waals surface area (Å²) in [6.45, 7) is 3.66. The largest absolute Gasteiger partial charge is 0.390 e. The molecule has 1 aromatic carbocycles. The van der Waals surface area contributed by atoms with Gasteiger partial charge in [0.15, 0.2) is 0 Å². The van der Waals surface area contributed by atoms with Crippen LogP contribution in [0.3, 0.4) is 0 Å². The SMILES string of the molecule is COC(C)(C)C(O)Cc1cccc(Cl)c1Cl. The van der Waals surface area contributed by atoms with Crippen LogP contribution >= 0.6 is 23.2 Å². The zero-order valence-corrected chi connectivity index (χ0v) is 11.1. The van der Waals surface area contributed by atoms with E-state index in [0.29, 0.717) is 16.5 Å². The Bertz CT molecular complexity index is 364. The summed E-state index contributed by atoms with van der Waals surface area (Å²) >= 11 is 11.9. The van der Waals surface area contributed by atoms with Crippen molar-refractivity contribution in [3.05, 3.63) is 33.8 Å². The number of halogens is 2. The van der Waals surface area contributed by atoms with E-state index in [1.165, 1.54) is 0 Å². The van der Waals surface area contributed by atoms with E-state index >= 15 is 0 Å². The van der Waals surface area contributed by atoms with E-state index in [9.17, 15) is 5.11 Å². The maximum atomic E-state index is 10.0. The number of hydrogen-bond donors (Lipinski definition) is 1. The average Bonchev–Trinajstić information content (AvgIpc) is 2.24. The first-order valence-electron chi connectivity index (χ1n) is 5.04. The van der Waals surface area contributed by atoms with Crippen molar-refractivity contribution in [2.45, 2.75) is 32.0 Å². The lowest BCUT2D eigenvalue weighted by Crippen LogP contribution is -2.39. The van der Waals surface area contributed by atoms with Gasteiger partial charge in [0.25, 0.3) is 0 Å². The molecule has 1 rings (SSSR count). The van der Waals surface area contributed by atoms with Gasteiger partial charge < -0.3 is 9.84 Å². The van der Waals surface area contributed by atoms with Crippen molar-refractivity contribution in [3.8, 4) is 0 Å². The molecule has 0 aromatic heterocycles. The van der Waals surface area contributed by atoms with Crippen LogP contribution in [0.4, 0.5) is 0 Å². The molecule has 0 bridgehead atoms. The van der Waals surface area contributed by atoms with Gasteiger partial charge in [0, 0.05) is 13.5 Å². The Morgan fingerprint density at radius 3 is 2.56 bits per heavy atom. The Morgan fingerprint density at radius 2 is 2.00 bits per heavy atom. The molecular formula is C12H16Cl2O2. The minimum absolute atomic E-state index is 0.417.